The van der Waals surface area contributed by atoms with E-state index in [9.17, 15) is 8.42 Å². The summed E-state index contributed by atoms with van der Waals surface area (Å²) in [6, 6.07) is 32.2. The Morgan fingerprint density at radius 2 is 0.681 bits per heavy atom. The summed E-state index contributed by atoms with van der Waals surface area (Å²) in [5.74, 6) is 2.39. The van der Waals surface area contributed by atoms with Gasteiger partial charge in [0.25, 0.3) is 0 Å². The van der Waals surface area contributed by atoms with Gasteiger partial charge in [-0.2, -0.15) is 0 Å². The third-order valence-corrected chi connectivity index (χ3v) is 14.9. The van der Waals surface area contributed by atoms with Gasteiger partial charge >= 0.3 is 57.7 Å². The average molecular weight is 744 g/mol. The van der Waals surface area contributed by atoms with Crippen LogP contribution in [0.3, 0.4) is 0 Å². The van der Waals surface area contributed by atoms with Crippen LogP contribution in [0.15, 0.2) is 97.1 Å². The van der Waals surface area contributed by atoms with E-state index in [0.717, 1.165) is 43.8 Å². The Labute approximate surface area is 282 Å². The number of aromatic nitrogens is 8. The summed E-state index contributed by atoms with van der Waals surface area (Å²) >= 11 is 0. The largest absolute Gasteiger partial charge is 0.324 e. The molecule has 0 saturated carbocycles. The number of nitrogens with one attached hydrogen (secondary N) is 2. The number of aromatic amines is 2. The summed E-state index contributed by atoms with van der Waals surface area (Å²) in [5, 5.41) is 3.82. The van der Waals surface area contributed by atoms with Crippen LogP contribution in [0.4, 0.5) is 0 Å². The molecular formula is C32H18Cl3CoN8O2S. The molecule has 2 N–H and O–H groups in total. The molecule has 3 aromatic heterocycles. The van der Waals surface area contributed by atoms with E-state index in [2.05, 4.69) is 20.7 Å². The van der Waals surface area contributed by atoms with Crippen LogP contribution in [0.5, 0.6) is 0 Å². The Balaban J connectivity index is 0.000000420. The van der Waals surface area contributed by atoms with Crippen LogP contribution in [-0.4, -0.2) is 48.3 Å². The molecule has 47 heavy (non-hydrogen) atoms. The molecule has 4 aromatic carbocycles. The van der Waals surface area contributed by atoms with E-state index in [1.807, 2.05) is 97.1 Å². The number of nitrogens with zero attached hydrogens (tertiary/aromatic N) is 6. The molecule has 15 heteroatoms. The van der Waals surface area contributed by atoms with Crippen LogP contribution in [0, 0.1) is 0 Å². The Morgan fingerprint density at radius 1 is 0.447 bits per heavy atom. The van der Waals surface area contributed by atoms with Gasteiger partial charge in [0.05, 0.1) is 0 Å². The van der Waals surface area contributed by atoms with E-state index < -0.39 is 18.3 Å². The van der Waals surface area contributed by atoms with Gasteiger partial charge in [0.2, 0.25) is 0 Å². The van der Waals surface area contributed by atoms with Gasteiger partial charge in [-0.25, -0.2) is 29.9 Å². The Bertz CT molecular complexity index is 2360. The zero-order valence-electron chi connectivity index (χ0n) is 23.6. The van der Waals surface area contributed by atoms with Gasteiger partial charge < -0.3 is 9.97 Å². The van der Waals surface area contributed by atoms with E-state index in [1.165, 1.54) is 0 Å². The standard InChI is InChI=1S/C32H18N8.ClO2S.2ClH.Co/c1-2-10-18-17(9-1)25-33-26(18)38-28-21-13-5-6-14-22(21)30(35-28)40-32-24-16-8-7-15-23(24)31(36-32)39-29-20-12-4-3-11-19(20)27(34-29)37-25;1-4(2)3;;;/h1-16H,(H2,33,34,35,36,37,38,39,40);;2*1H;/q;;;;+2/p-2. The number of rotatable bonds is 1. The van der Waals surface area contributed by atoms with Crippen LogP contribution in [0.25, 0.3) is 89.7 Å². The van der Waals surface area contributed by atoms with Gasteiger partial charge in [0, 0.05) is 43.8 Å². The molecule has 5 heterocycles. The predicted molar refractivity (Wildman–Crippen MR) is 183 cm³/mol. The first kappa shape index (κ1) is 29.9. The van der Waals surface area contributed by atoms with Gasteiger partial charge in [-0.05, 0) is 0 Å². The molecule has 0 spiro atoms. The fraction of sp³-hybridized carbons (Fsp3) is 0. The van der Waals surface area contributed by atoms with E-state index in [1.54, 1.807) is 0 Å². The van der Waals surface area contributed by atoms with E-state index in [4.69, 9.17) is 50.2 Å². The zero-order valence-corrected chi connectivity index (χ0v) is 27.7. The van der Waals surface area contributed by atoms with Crippen LogP contribution in [0.2, 0.25) is 0 Å². The second kappa shape index (κ2) is 11.7. The van der Waals surface area contributed by atoms with Crippen molar-refractivity contribution in [2.24, 2.45) is 0 Å². The maximum absolute atomic E-state index is 9.86. The topological polar surface area (TPSA) is 143 Å². The van der Waals surface area contributed by atoms with Crippen molar-refractivity contribution in [3.63, 3.8) is 0 Å². The van der Waals surface area contributed by atoms with Crippen molar-refractivity contribution < 1.29 is 19.2 Å². The number of fused-ring (bicyclic) bond motifs is 20. The van der Waals surface area contributed by atoms with Crippen LogP contribution in [-0.2, 0) is 18.3 Å². The van der Waals surface area contributed by atoms with Crippen molar-refractivity contribution in [1.82, 2.24) is 39.9 Å². The van der Waals surface area contributed by atoms with Gasteiger partial charge in [0.15, 0.2) is 23.3 Å². The summed E-state index contributed by atoms with van der Waals surface area (Å²) < 4.78 is 19.7. The maximum atomic E-state index is 9.86. The van der Waals surface area contributed by atoms with Crippen molar-refractivity contribution in [3.8, 4) is 45.6 Å². The van der Waals surface area contributed by atoms with Gasteiger partial charge in [-0.3, -0.25) is 0 Å². The minimum absolute atomic E-state index is 0.597. The van der Waals surface area contributed by atoms with Crippen molar-refractivity contribution in [3.05, 3.63) is 97.1 Å². The third kappa shape index (κ3) is 5.42. The van der Waals surface area contributed by atoms with Crippen LogP contribution >= 0.6 is 31.0 Å². The number of hydrogen-bond acceptors (Lipinski definition) is 8. The Kier molecular flexibility index (Phi) is 7.43. The number of benzene rings is 4. The molecule has 2 aliphatic heterocycles. The first-order valence-electron chi connectivity index (χ1n) is 13.9. The summed E-state index contributed by atoms with van der Waals surface area (Å²) in [6.45, 7) is 0. The first-order chi connectivity index (χ1) is 22.7. The quantitative estimate of drug-likeness (QED) is 0.160. The van der Waals surface area contributed by atoms with Crippen molar-refractivity contribution in [2.75, 3.05) is 0 Å². The Hall–Kier alpha value is -4.43. The Morgan fingerprint density at radius 3 is 0.915 bits per heavy atom. The number of hydrogen-bond donors (Lipinski definition) is 2. The fourth-order valence-electron chi connectivity index (χ4n) is 5.59. The van der Waals surface area contributed by atoms with Crippen LogP contribution < -0.4 is 0 Å². The summed E-state index contributed by atoms with van der Waals surface area (Å²) in [4.78, 5) is 36.8. The van der Waals surface area contributed by atoms with Gasteiger partial charge in [-0.15, -0.1) is 0 Å². The molecule has 0 aliphatic carbocycles. The van der Waals surface area contributed by atoms with E-state index in [-0.39, 0.29) is 0 Å². The molecule has 0 amide bonds. The molecule has 0 atom stereocenters. The summed E-state index contributed by atoms with van der Waals surface area (Å²) in [6.07, 6.45) is 0. The monoisotopic (exact) mass is 742 g/mol. The second-order valence-electron chi connectivity index (χ2n) is 10.3. The van der Waals surface area contributed by atoms with E-state index in [0.29, 0.717) is 45.9 Å². The molecule has 7 aromatic rings. The van der Waals surface area contributed by atoms with Crippen molar-refractivity contribution >= 4 is 82.6 Å². The average Bonchev–Trinajstić information content (AvgIpc) is 3.80. The van der Waals surface area contributed by atoms with Gasteiger partial charge in [-0.1, -0.05) is 97.1 Å². The predicted octanol–water partition coefficient (Wildman–Crippen LogP) is 8.27. The molecule has 0 saturated heterocycles. The molecule has 0 radical (unpaired) electrons. The summed E-state index contributed by atoms with van der Waals surface area (Å²) in [7, 11) is 8.61. The molecule has 0 unspecified atom stereocenters. The zero-order chi connectivity index (χ0) is 32.3. The first-order valence-corrected chi connectivity index (χ1v) is 20.2. The molecular weight excluding hydrogens is 726 g/mol. The fourth-order valence-corrected chi connectivity index (χ4v) is 5.59. The van der Waals surface area contributed by atoms with Crippen molar-refractivity contribution in [2.45, 2.75) is 0 Å². The maximum Gasteiger partial charge on any atom is 0.164 e. The van der Waals surface area contributed by atoms with Crippen LogP contribution in [0.1, 0.15) is 0 Å². The number of halogens is 3. The molecule has 10 nitrogen and oxygen atoms in total. The molecule has 9 rings (SSSR count). The minimum Gasteiger partial charge on any atom is -0.324 e. The van der Waals surface area contributed by atoms with Gasteiger partial charge in [0.1, 0.15) is 22.6 Å². The molecule has 0 fully saturated rings. The smallest absolute Gasteiger partial charge is 0.164 e. The van der Waals surface area contributed by atoms with E-state index >= 15 is 0 Å². The third-order valence-electron chi connectivity index (χ3n) is 7.58. The molecule has 234 valence electrons. The molecule has 2 aliphatic rings. The summed E-state index contributed by atoms with van der Waals surface area (Å²) in [5.41, 5.74) is 6.45. The molecule has 8 bridgehead atoms. The van der Waals surface area contributed by atoms with Crippen molar-refractivity contribution in [1.29, 1.82) is 0 Å². The second-order valence-corrected chi connectivity index (χ2v) is 20.0. The number of H-pyrrole nitrogens is 2. The minimum atomic E-state index is -3.68. The normalized spacial score (nSPS) is 12.3. The SMILES string of the molecule is O=[S](=O)(Cl)[Co]([Cl])[Cl].c1ccc2c(c1)-c1nc-2nc2[nH]c(nc3nc(nc4[nH]c(n1)c1ccccc41)-c1ccccc1-3)c1ccccc21.